The third-order valence-corrected chi connectivity index (χ3v) is 2.56. The molecule has 0 aromatic carbocycles. The Labute approximate surface area is 65.8 Å². The Morgan fingerprint density at radius 3 is 2.82 bits per heavy atom. The predicted octanol–water partition coefficient (Wildman–Crippen LogP) is 2.11. The van der Waals surface area contributed by atoms with Gasteiger partial charge >= 0.3 is 0 Å². The van der Waals surface area contributed by atoms with Crippen molar-refractivity contribution in [3.05, 3.63) is 24.2 Å². The van der Waals surface area contributed by atoms with Gasteiger partial charge in [-0.1, -0.05) is 6.92 Å². The van der Waals surface area contributed by atoms with Crippen LogP contribution in [0.2, 0.25) is 0 Å². The second kappa shape index (κ2) is 2.11. The molecule has 0 bridgehead atoms. The fourth-order valence-corrected chi connectivity index (χ4v) is 1.30. The van der Waals surface area contributed by atoms with Gasteiger partial charge in [-0.05, 0) is 24.3 Å². The smallest absolute Gasteiger partial charge is 0.0960 e. The van der Waals surface area contributed by atoms with Crippen LogP contribution in [0.3, 0.4) is 0 Å². The molecule has 1 N–H and O–H groups in total. The lowest BCUT2D eigenvalue weighted by atomic mass is 9.97. The Kier molecular flexibility index (Phi) is 1.33. The van der Waals surface area contributed by atoms with Gasteiger partial charge in [-0.15, -0.1) is 0 Å². The van der Waals surface area contributed by atoms with Gasteiger partial charge in [0, 0.05) is 5.56 Å². The van der Waals surface area contributed by atoms with E-state index in [1.54, 1.807) is 12.5 Å². The highest BCUT2D eigenvalue weighted by atomic mass is 16.3. The second-order valence-electron chi connectivity index (χ2n) is 3.61. The minimum absolute atomic E-state index is 0.129. The van der Waals surface area contributed by atoms with Crippen molar-refractivity contribution in [2.45, 2.75) is 25.9 Å². The largest absolute Gasteiger partial charge is 0.472 e. The van der Waals surface area contributed by atoms with E-state index in [0.717, 1.165) is 18.4 Å². The summed E-state index contributed by atoms with van der Waals surface area (Å²) in [7, 11) is 0. The van der Waals surface area contributed by atoms with Crippen LogP contribution in [-0.4, -0.2) is 5.11 Å². The zero-order valence-electron chi connectivity index (χ0n) is 6.58. The van der Waals surface area contributed by atoms with E-state index in [2.05, 4.69) is 6.92 Å². The van der Waals surface area contributed by atoms with Gasteiger partial charge in [-0.3, -0.25) is 0 Å². The number of hydrogen-bond donors (Lipinski definition) is 1. The molecule has 1 saturated carbocycles. The number of furan rings is 1. The van der Waals surface area contributed by atoms with Crippen LogP contribution in [0.4, 0.5) is 0 Å². The van der Waals surface area contributed by atoms with Crippen molar-refractivity contribution >= 4 is 0 Å². The summed E-state index contributed by atoms with van der Waals surface area (Å²) >= 11 is 0. The predicted molar refractivity (Wildman–Crippen MR) is 41.0 cm³/mol. The van der Waals surface area contributed by atoms with Crippen molar-refractivity contribution < 1.29 is 9.52 Å². The van der Waals surface area contributed by atoms with E-state index in [0.29, 0.717) is 0 Å². The van der Waals surface area contributed by atoms with E-state index < -0.39 is 0 Å². The molecule has 0 amide bonds. The highest BCUT2D eigenvalue weighted by molar-refractivity contribution is 5.15. The van der Waals surface area contributed by atoms with Crippen LogP contribution in [0.15, 0.2) is 23.0 Å². The van der Waals surface area contributed by atoms with Gasteiger partial charge in [0.1, 0.15) is 0 Å². The first-order valence-corrected chi connectivity index (χ1v) is 3.92. The van der Waals surface area contributed by atoms with E-state index in [4.69, 9.17) is 4.42 Å². The topological polar surface area (TPSA) is 33.4 Å². The molecule has 1 heterocycles. The molecule has 1 aromatic heterocycles. The first-order chi connectivity index (χ1) is 5.22. The van der Waals surface area contributed by atoms with Gasteiger partial charge in [0.2, 0.25) is 0 Å². The van der Waals surface area contributed by atoms with E-state index in [-0.39, 0.29) is 11.5 Å². The van der Waals surface area contributed by atoms with Crippen LogP contribution >= 0.6 is 0 Å². The molecule has 1 fully saturated rings. The second-order valence-corrected chi connectivity index (χ2v) is 3.61. The maximum atomic E-state index is 9.75. The summed E-state index contributed by atoms with van der Waals surface area (Å²) in [5, 5.41) is 9.75. The third kappa shape index (κ3) is 1.07. The molecule has 0 spiro atoms. The third-order valence-electron chi connectivity index (χ3n) is 2.56. The molecular weight excluding hydrogens is 140 g/mol. The molecule has 60 valence electrons. The molecule has 2 nitrogen and oxygen atoms in total. The first kappa shape index (κ1) is 6.92. The van der Waals surface area contributed by atoms with Crippen LogP contribution < -0.4 is 0 Å². The number of aliphatic hydroxyl groups is 1. The molecule has 1 atom stereocenters. The Bertz CT molecular complexity index is 234. The van der Waals surface area contributed by atoms with Crippen molar-refractivity contribution in [3.63, 3.8) is 0 Å². The van der Waals surface area contributed by atoms with Gasteiger partial charge in [-0.25, -0.2) is 0 Å². The van der Waals surface area contributed by atoms with Gasteiger partial charge in [0.25, 0.3) is 0 Å². The minimum Gasteiger partial charge on any atom is -0.472 e. The zero-order chi connectivity index (χ0) is 7.90. The maximum absolute atomic E-state index is 9.75. The highest BCUT2D eigenvalue weighted by Crippen LogP contribution is 2.54. The highest BCUT2D eigenvalue weighted by Gasteiger charge is 2.45. The Balaban J connectivity index is 2.17. The molecule has 0 saturated heterocycles. The molecule has 2 heteroatoms. The van der Waals surface area contributed by atoms with Crippen molar-refractivity contribution in [1.82, 2.24) is 0 Å². The molecular formula is C9H12O2. The first-order valence-electron chi connectivity index (χ1n) is 3.92. The molecule has 1 aliphatic rings. The van der Waals surface area contributed by atoms with Crippen LogP contribution in [0, 0.1) is 5.41 Å². The standard InChI is InChI=1S/C9H12O2/c1-9(3-4-9)8(10)7-2-5-11-6-7/h2,5-6,8,10H,3-4H2,1H3. The molecule has 1 unspecified atom stereocenters. The lowest BCUT2D eigenvalue weighted by Crippen LogP contribution is -2.08. The van der Waals surface area contributed by atoms with Crippen molar-refractivity contribution in [2.75, 3.05) is 0 Å². The van der Waals surface area contributed by atoms with E-state index in [1.165, 1.54) is 0 Å². The molecule has 0 aliphatic heterocycles. The van der Waals surface area contributed by atoms with Gasteiger partial charge in [-0.2, -0.15) is 0 Å². The molecule has 2 rings (SSSR count). The normalized spacial score (nSPS) is 23.1. The quantitative estimate of drug-likeness (QED) is 0.704. The SMILES string of the molecule is CC1(C(O)c2ccoc2)CC1. The molecule has 1 aliphatic carbocycles. The van der Waals surface area contributed by atoms with Crippen molar-refractivity contribution in [2.24, 2.45) is 5.41 Å². The number of hydrogen-bond acceptors (Lipinski definition) is 2. The number of aliphatic hydroxyl groups excluding tert-OH is 1. The van der Waals surface area contributed by atoms with E-state index in [9.17, 15) is 5.11 Å². The van der Waals surface area contributed by atoms with E-state index in [1.807, 2.05) is 6.07 Å². The monoisotopic (exact) mass is 152 g/mol. The summed E-state index contributed by atoms with van der Waals surface area (Å²) in [5.74, 6) is 0. The Morgan fingerprint density at radius 2 is 2.36 bits per heavy atom. The summed E-state index contributed by atoms with van der Waals surface area (Å²) in [6.07, 6.45) is 5.14. The minimum atomic E-state index is -0.332. The summed E-state index contributed by atoms with van der Waals surface area (Å²) in [5.41, 5.74) is 1.04. The maximum Gasteiger partial charge on any atom is 0.0960 e. The van der Waals surface area contributed by atoms with Crippen LogP contribution in [0.1, 0.15) is 31.4 Å². The molecule has 0 radical (unpaired) electrons. The average molecular weight is 152 g/mol. The summed E-state index contributed by atoms with van der Waals surface area (Å²) < 4.78 is 4.90. The van der Waals surface area contributed by atoms with Gasteiger partial charge < -0.3 is 9.52 Å². The number of rotatable bonds is 2. The summed E-state index contributed by atoms with van der Waals surface area (Å²) in [4.78, 5) is 0. The van der Waals surface area contributed by atoms with Crippen LogP contribution in [-0.2, 0) is 0 Å². The molecule has 11 heavy (non-hydrogen) atoms. The van der Waals surface area contributed by atoms with Crippen LogP contribution in [0.5, 0.6) is 0 Å². The van der Waals surface area contributed by atoms with Crippen molar-refractivity contribution in [3.8, 4) is 0 Å². The van der Waals surface area contributed by atoms with Gasteiger partial charge in [0.05, 0.1) is 18.6 Å². The fraction of sp³-hybridized carbons (Fsp3) is 0.556. The Morgan fingerprint density at radius 1 is 1.64 bits per heavy atom. The lowest BCUT2D eigenvalue weighted by molar-refractivity contribution is 0.103. The zero-order valence-corrected chi connectivity index (χ0v) is 6.58. The molecule has 1 aromatic rings. The van der Waals surface area contributed by atoms with E-state index >= 15 is 0 Å². The van der Waals surface area contributed by atoms with Gasteiger partial charge in [0.15, 0.2) is 0 Å². The summed E-state index contributed by atoms with van der Waals surface area (Å²) in [6.45, 7) is 2.10. The summed E-state index contributed by atoms with van der Waals surface area (Å²) in [6, 6.07) is 1.83. The Hall–Kier alpha value is -0.760. The average Bonchev–Trinajstić information content (AvgIpc) is 2.54. The van der Waals surface area contributed by atoms with Crippen LogP contribution in [0.25, 0.3) is 0 Å². The fourth-order valence-electron chi connectivity index (χ4n) is 1.30. The van der Waals surface area contributed by atoms with Crippen molar-refractivity contribution in [1.29, 1.82) is 0 Å². The lowest BCUT2D eigenvalue weighted by Gasteiger charge is -2.14.